The number of ether oxygens (including phenoxy) is 3. The van der Waals surface area contributed by atoms with Crippen molar-refractivity contribution in [2.24, 2.45) is 0 Å². The maximum absolute atomic E-state index is 12.9. The molecule has 1 atom stereocenters. The normalized spacial score (nSPS) is 13.0. The van der Waals surface area contributed by atoms with Gasteiger partial charge in [-0.05, 0) is 116 Å². The smallest absolute Gasteiger partial charge is 0.306 e. The van der Waals surface area contributed by atoms with Crippen LogP contribution in [0.15, 0.2) is 134 Å². The Morgan fingerprint density at radius 2 is 0.481 bits per heavy atom. The molecule has 79 heavy (non-hydrogen) atoms. The van der Waals surface area contributed by atoms with Crippen molar-refractivity contribution in [1.82, 2.24) is 0 Å². The maximum atomic E-state index is 12.9. The Morgan fingerprint density at radius 1 is 0.253 bits per heavy atom. The Kier molecular flexibility index (Phi) is 62.3. The zero-order valence-electron chi connectivity index (χ0n) is 51.3. The van der Waals surface area contributed by atoms with Crippen LogP contribution in [0.25, 0.3) is 0 Å². The van der Waals surface area contributed by atoms with Crippen LogP contribution in [-0.4, -0.2) is 37.2 Å². The van der Waals surface area contributed by atoms with Gasteiger partial charge in [-0.15, -0.1) is 0 Å². The van der Waals surface area contributed by atoms with Crippen molar-refractivity contribution in [2.45, 2.75) is 297 Å². The van der Waals surface area contributed by atoms with Crippen molar-refractivity contribution in [3.63, 3.8) is 0 Å². The fourth-order valence-corrected chi connectivity index (χ4v) is 8.88. The molecule has 0 rings (SSSR count). The van der Waals surface area contributed by atoms with Crippen LogP contribution in [0.5, 0.6) is 0 Å². The molecule has 0 heterocycles. The average Bonchev–Trinajstić information content (AvgIpc) is 3.45. The van der Waals surface area contributed by atoms with Gasteiger partial charge in [-0.1, -0.05) is 289 Å². The van der Waals surface area contributed by atoms with Gasteiger partial charge in [-0.2, -0.15) is 0 Å². The third-order valence-corrected chi connectivity index (χ3v) is 13.6. The van der Waals surface area contributed by atoms with Crippen molar-refractivity contribution in [3.8, 4) is 0 Å². The molecule has 0 saturated heterocycles. The van der Waals surface area contributed by atoms with E-state index in [1.807, 2.05) is 6.08 Å². The summed E-state index contributed by atoms with van der Waals surface area (Å²) in [5, 5.41) is 0. The van der Waals surface area contributed by atoms with Gasteiger partial charge < -0.3 is 14.2 Å². The van der Waals surface area contributed by atoms with Gasteiger partial charge in [0.25, 0.3) is 0 Å². The summed E-state index contributed by atoms with van der Waals surface area (Å²) >= 11 is 0. The summed E-state index contributed by atoms with van der Waals surface area (Å²) in [5.74, 6) is -0.996. The average molecular weight is 1090 g/mol. The first-order valence-electron chi connectivity index (χ1n) is 32.7. The van der Waals surface area contributed by atoms with Crippen molar-refractivity contribution in [1.29, 1.82) is 0 Å². The van der Waals surface area contributed by atoms with E-state index < -0.39 is 6.10 Å². The first-order chi connectivity index (χ1) is 39.0. The lowest BCUT2D eigenvalue weighted by Crippen LogP contribution is -2.30. The summed E-state index contributed by atoms with van der Waals surface area (Å²) in [6.07, 6.45) is 93.5. The monoisotopic (exact) mass is 1090 g/mol. The lowest BCUT2D eigenvalue weighted by atomic mass is 10.0. The number of allylic oxidation sites excluding steroid dienone is 22. The molecule has 0 amide bonds. The fourth-order valence-electron chi connectivity index (χ4n) is 8.88. The van der Waals surface area contributed by atoms with Crippen LogP contribution in [0.2, 0.25) is 0 Å². The number of hydrogen-bond acceptors (Lipinski definition) is 6. The molecule has 0 spiro atoms. The standard InChI is InChI=1S/C73H120O6/c1-4-7-10-13-16-19-22-25-27-29-30-31-32-33-34-35-36-37-38-39-40-41-42-44-45-48-51-54-57-60-63-66-72(75)78-69-70(68-77-71(74)65-62-59-56-53-50-47-24-21-18-15-12-9-6-3)79-73(76)67-64-61-58-55-52-49-46-43-28-26-23-20-17-14-11-8-5-2/h7-12,16-21,25-28,30-31,47,50,56,59,70H,4-6,13-15,22-24,29,32-46,48-49,51-55,57-58,60-69H2,1-3H3/b10-7-,11-8-,12-9-,19-16-,20-17-,21-18-,27-25-,28-26-,31-30-,50-47-,59-56-. The molecule has 0 radical (unpaired) electrons. The summed E-state index contributed by atoms with van der Waals surface area (Å²) in [7, 11) is 0. The first kappa shape index (κ1) is 74.5. The second kappa shape index (κ2) is 66.1. The van der Waals surface area contributed by atoms with E-state index in [0.717, 1.165) is 116 Å². The summed E-state index contributed by atoms with van der Waals surface area (Å²) in [6.45, 7) is 6.24. The summed E-state index contributed by atoms with van der Waals surface area (Å²) < 4.78 is 16.8. The van der Waals surface area contributed by atoms with Gasteiger partial charge >= 0.3 is 17.9 Å². The lowest BCUT2D eigenvalue weighted by Gasteiger charge is -2.18. The molecule has 0 aliphatic heterocycles. The zero-order chi connectivity index (χ0) is 57.1. The molecule has 0 bridgehead atoms. The Balaban J connectivity index is 4.25. The molecule has 6 nitrogen and oxygen atoms in total. The number of hydrogen-bond donors (Lipinski definition) is 0. The van der Waals surface area contributed by atoms with E-state index >= 15 is 0 Å². The summed E-state index contributed by atoms with van der Waals surface area (Å²) in [4.78, 5) is 38.2. The second-order valence-corrected chi connectivity index (χ2v) is 21.2. The van der Waals surface area contributed by atoms with E-state index in [4.69, 9.17) is 14.2 Å². The number of rotatable bonds is 58. The first-order valence-corrected chi connectivity index (χ1v) is 32.7. The molecule has 0 saturated carbocycles. The summed E-state index contributed by atoms with van der Waals surface area (Å²) in [6, 6.07) is 0. The van der Waals surface area contributed by atoms with Gasteiger partial charge in [-0.3, -0.25) is 14.4 Å². The Morgan fingerprint density at radius 3 is 0.785 bits per heavy atom. The van der Waals surface area contributed by atoms with E-state index in [2.05, 4.69) is 148 Å². The molecular formula is C73H120O6. The zero-order valence-corrected chi connectivity index (χ0v) is 51.3. The number of unbranched alkanes of at least 4 members (excludes halogenated alkanes) is 25. The van der Waals surface area contributed by atoms with Crippen LogP contribution in [-0.2, 0) is 28.6 Å². The molecule has 0 aromatic heterocycles. The summed E-state index contributed by atoms with van der Waals surface area (Å²) in [5.41, 5.74) is 0. The molecule has 0 aromatic rings. The molecule has 448 valence electrons. The van der Waals surface area contributed by atoms with Gasteiger partial charge in [0, 0.05) is 19.3 Å². The number of carbonyl (C=O) groups excluding carboxylic acids is 3. The van der Waals surface area contributed by atoms with Crippen LogP contribution in [0.4, 0.5) is 0 Å². The number of carbonyl (C=O) groups is 3. The van der Waals surface area contributed by atoms with E-state index in [9.17, 15) is 14.4 Å². The quantitative estimate of drug-likeness (QED) is 0.0261. The van der Waals surface area contributed by atoms with Gasteiger partial charge in [0.1, 0.15) is 13.2 Å². The van der Waals surface area contributed by atoms with Crippen LogP contribution in [0, 0.1) is 0 Å². The molecule has 6 heteroatoms. The minimum atomic E-state index is -0.816. The van der Waals surface area contributed by atoms with E-state index in [-0.39, 0.29) is 37.5 Å². The molecule has 0 aromatic carbocycles. The third-order valence-electron chi connectivity index (χ3n) is 13.6. The van der Waals surface area contributed by atoms with E-state index in [1.165, 1.54) is 128 Å². The molecular weight excluding hydrogens is 973 g/mol. The third kappa shape index (κ3) is 64.3. The Labute approximate surface area is 487 Å². The highest BCUT2D eigenvalue weighted by Gasteiger charge is 2.19. The molecule has 0 aliphatic carbocycles. The van der Waals surface area contributed by atoms with Gasteiger partial charge in [-0.25, -0.2) is 0 Å². The van der Waals surface area contributed by atoms with Gasteiger partial charge in [0.05, 0.1) is 0 Å². The Bertz CT molecular complexity index is 1680. The second-order valence-electron chi connectivity index (χ2n) is 21.2. The van der Waals surface area contributed by atoms with Gasteiger partial charge in [0.15, 0.2) is 6.10 Å². The van der Waals surface area contributed by atoms with Crippen LogP contribution in [0.1, 0.15) is 290 Å². The SMILES string of the molecule is CC/C=C\C/C=C\C/C=C\C/C=C\CCCCCCCCCCCCCCCCCCCCC(=O)OCC(COC(=O)CC/C=C\C/C=C\C/C=C\C/C=C\CC)OC(=O)CCCCCCCCC/C=C\C/C=C\C/C=C\CC. The fraction of sp³-hybridized carbons (Fsp3) is 0.658. The van der Waals surface area contributed by atoms with Crippen molar-refractivity contribution >= 4 is 17.9 Å². The highest BCUT2D eigenvalue weighted by atomic mass is 16.6. The van der Waals surface area contributed by atoms with E-state index in [1.54, 1.807) is 0 Å². The Hall–Kier alpha value is -4.45. The molecule has 1 unspecified atom stereocenters. The predicted molar refractivity (Wildman–Crippen MR) is 343 cm³/mol. The highest BCUT2D eigenvalue weighted by molar-refractivity contribution is 5.71. The topological polar surface area (TPSA) is 78.9 Å². The molecule has 0 N–H and O–H groups in total. The lowest BCUT2D eigenvalue weighted by molar-refractivity contribution is -0.166. The molecule has 0 aliphatic rings. The van der Waals surface area contributed by atoms with E-state index in [0.29, 0.717) is 19.3 Å². The largest absolute Gasteiger partial charge is 0.462 e. The maximum Gasteiger partial charge on any atom is 0.306 e. The van der Waals surface area contributed by atoms with Crippen LogP contribution in [0.3, 0.4) is 0 Å². The van der Waals surface area contributed by atoms with Crippen molar-refractivity contribution in [3.05, 3.63) is 134 Å². The molecule has 0 fully saturated rings. The van der Waals surface area contributed by atoms with Crippen LogP contribution >= 0.6 is 0 Å². The number of esters is 3. The van der Waals surface area contributed by atoms with Crippen molar-refractivity contribution < 1.29 is 28.6 Å². The minimum Gasteiger partial charge on any atom is -0.462 e. The van der Waals surface area contributed by atoms with Gasteiger partial charge in [0.2, 0.25) is 0 Å². The predicted octanol–water partition coefficient (Wildman–Crippen LogP) is 22.5. The highest BCUT2D eigenvalue weighted by Crippen LogP contribution is 2.16. The van der Waals surface area contributed by atoms with Crippen LogP contribution < -0.4 is 0 Å². The van der Waals surface area contributed by atoms with Crippen molar-refractivity contribution in [2.75, 3.05) is 13.2 Å². The minimum absolute atomic E-state index is 0.105.